The van der Waals surface area contributed by atoms with Crippen molar-refractivity contribution in [1.29, 1.82) is 0 Å². The number of aryl methyl sites for hydroxylation is 1. The lowest BCUT2D eigenvalue weighted by molar-refractivity contribution is -0.136. The van der Waals surface area contributed by atoms with Crippen LogP contribution in [0.3, 0.4) is 0 Å². The quantitative estimate of drug-likeness (QED) is 0.701. The number of aliphatic hydroxyl groups is 1. The third-order valence-corrected chi connectivity index (χ3v) is 4.93. The molecule has 142 valence electrons. The number of benzene rings is 2. The van der Waals surface area contributed by atoms with E-state index in [9.17, 15) is 14.7 Å². The highest BCUT2D eigenvalue weighted by Gasteiger charge is 2.33. The van der Waals surface area contributed by atoms with Gasteiger partial charge in [-0.3, -0.25) is 9.59 Å². The van der Waals surface area contributed by atoms with Gasteiger partial charge in [-0.15, -0.1) is 0 Å². The summed E-state index contributed by atoms with van der Waals surface area (Å²) in [6.45, 7) is 0.000266. The van der Waals surface area contributed by atoms with Gasteiger partial charge in [-0.1, -0.05) is 35.9 Å². The van der Waals surface area contributed by atoms with Crippen molar-refractivity contribution in [1.82, 2.24) is 5.32 Å². The monoisotopic (exact) mass is 388 g/mol. The minimum absolute atomic E-state index is 0.000266. The Hall–Kier alpha value is -2.57. The van der Waals surface area contributed by atoms with Gasteiger partial charge in [-0.25, -0.2) is 0 Å². The van der Waals surface area contributed by atoms with Crippen molar-refractivity contribution in [2.45, 2.75) is 24.9 Å². The number of halogens is 1. The van der Waals surface area contributed by atoms with Gasteiger partial charge < -0.3 is 20.5 Å². The van der Waals surface area contributed by atoms with Crippen LogP contribution in [0.15, 0.2) is 42.5 Å². The number of carbonyl (C=O) groups is 2. The third kappa shape index (κ3) is 4.59. The van der Waals surface area contributed by atoms with Crippen LogP contribution in [-0.4, -0.2) is 36.2 Å². The minimum Gasteiger partial charge on any atom is -0.495 e. The number of carbonyl (C=O) groups excluding carboxylic acids is 2. The fraction of sp³-hybridized carbons (Fsp3) is 0.300. The molecule has 1 aliphatic carbocycles. The molecule has 7 heteroatoms. The summed E-state index contributed by atoms with van der Waals surface area (Å²) in [6, 6.07) is 12.6. The van der Waals surface area contributed by atoms with Crippen LogP contribution in [0.2, 0.25) is 5.02 Å². The maximum Gasteiger partial charge on any atom is 0.313 e. The summed E-state index contributed by atoms with van der Waals surface area (Å²) in [7, 11) is 1.45. The van der Waals surface area contributed by atoms with Crippen LogP contribution >= 0.6 is 11.6 Å². The summed E-state index contributed by atoms with van der Waals surface area (Å²) in [5.74, 6) is -1.29. The number of hydrogen-bond acceptors (Lipinski definition) is 4. The summed E-state index contributed by atoms with van der Waals surface area (Å²) < 4.78 is 5.14. The number of nitrogens with one attached hydrogen (secondary N) is 2. The predicted octanol–water partition coefficient (Wildman–Crippen LogP) is 2.32. The Balaban J connectivity index is 1.59. The van der Waals surface area contributed by atoms with E-state index in [1.165, 1.54) is 18.7 Å². The highest BCUT2D eigenvalue weighted by atomic mass is 35.5. The molecule has 2 aromatic rings. The van der Waals surface area contributed by atoms with Crippen molar-refractivity contribution in [3.8, 4) is 5.75 Å². The molecule has 6 nitrogen and oxygen atoms in total. The minimum atomic E-state index is -1.07. The van der Waals surface area contributed by atoms with Crippen molar-refractivity contribution >= 4 is 29.1 Å². The van der Waals surface area contributed by atoms with Gasteiger partial charge in [0.25, 0.3) is 0 Å². The first-order valence-corrected chi connectivity index (χ1v) is 9.00. The number of amides is 2. The van der Waals surface area contributed by atoms with Crippen molar-refractivity contribution < 1.29 is 19.4 Å². The molecule has 3 N–H and O–H groups in total. The Morgan fingerprint density at radius 2 is 1.93 bits per heavy atom. The number of methoxy groups -OCH3 is 1. The smallest absolute Gasteiger partial charge is 0.313 e. The number of rotatable bonds is 4. The average molecular weight is 389 g/mol. The molecular weight excluding hydrogens is 368 g/mol. The van der Waals surface area contributed by atoms with Crippen molar-refractivity contribution in [2.24, 2.45) is 0 Å². The molecule has 0 aliphatic heterocycles. The summed E-state index contributed by atoms with van der Waals surface area (Å²) >= 11 is 5.92. The molecule has 0 spiro atoms. The molecule has 0 aromatic heterocycles. The Labute approximate surface area is 162 Å². The lowest BCUT2D eigenvalue weighted by atomic mass is 9.80. The van der Waals surface area contributed by atoms with Crippen molar-refractivity contribution in [3.63, 3.8) is 0 Å². The molecule has 27 heavy (non-hydrogen) atoms. The van der Waals surface area contributed by atoms with Crippen LogP contribution in [-0.2, 0) is 22.4 Å². The molecule has 0 heterocycles. The first-order chi connectivity index (χ1) is 12.9. The molecule has 0 saturated carbocycles. The topological polar surface area (TPSA) is 87.7 Å². The Kier molecular flexibility index (Phi) is 5.68. The summed E-state index contributed by atoms with van der Waals surface area (Å²) in [5, 5.41) is 16.2. The summed E-state index contributed by atoms with van der Waals surface area (Å²) in [4.78, 5) is 24.3. The number of anilines is 1. The lowest BCUT2D eigenvalue weighted by Gasteiger charge is -2.33. The van der Waals surface area contributed by atoms with Gasteiger partial charge >= 0.3 is 11.8 Å². The van der Waals surface area contributed by atoms with Gasteiger partial charge in [-0.2, -0.15) is 0 Å². The SMILES string of the molecule is COc1ccc(Cl)cc1NC(=O)C(=O)NC[C@]1(O)CCc2ccccc2C1. The average Bonchev–Trinajstić information content (AvgIpc) is 2.66. The summed E-state index contributed by atoms with van der Waals surface area (Å²) in [5.41, 5.74) is 1.50. The zero-order valence-corrected chi connectivity index (χ0v) is 15.7. The first-order valence-electron chi connectivity index (χ1n) is 8.62. The van der Waals surface area contributed by atoms with Crippen LogP contribution in [0.25, 0.3) is 0 Å². The number of hydrogen-bond donors (Lipinski definition) is 3. The van der Waals surface area contributed by atoms with Crippen molar-refractivity contribution in [3.05, 3.63) is 58.6 Å². The molecule has 3 rings (SSSR count). The van der Waals surface area contributed by atoms with Crippen LogP contribution in [0.5, 0.6) is 5.75 Å². The second kappa shape index (κ2) is 7.98. The van der Waals surface area contributed by atoms with E-state index in [1.807, 2.05) is 24.3 Å². The van der Waals surface area contributed by atoms with Gasteiger partial charge in [0.05, 0.1) is 18.4 Å². The van der Waals surface area contributed by atoms with Gasteiger partial charge in [0.15, 0.2) is 0 Å². The molecule has 0 bridgehead atoms. The second-order valence-corrected chi connectivity index (χ2v) is 7.09. The predicted molar refractivity (Wildman–Crippen MR) is 103 cm³/mol. The molecule has 2 amide bonds. The summed E-state index contributed by atoms with van der Waals surface area (Å²) in [6.07, 6.45) is 1.69. The number of fused-ring (bicyclic) bond motifs is 1. The molecule has 1 atom stereocenters. The van der Waals surface area contributed by atoms with E-state index in [1.54, 1.807) is 12.1 Å². The van der Waals surface area contributed by atoms with E-state index in [0.29, 0.717) is 29.3 Å². The van der Waals surface area contributed by atoms with Gasteiger partial charge in [0.2, 0.25) is 0 Å². The zero-order valence-electron chi connectivity index (χ0n) is 14.9. The fourth-order valence-corrected chi connectivity index (χ4v) is 3.39. The third-order valence-electron chi connectivity index (χ3n) is 4.69. The van der Waals surface area contributed by atoms with Gasteiger partial charge in [0, 0.05) is 18.0 Å². The molecule has 0 fully saturated rings. The van der Waals surface area contributed by atoms with Gasteiger partial charge in [0.1, 0.15) is 5.75 Å². The Morgan fingerprint density at radius 1 is 1.19 bits per heavy atom. The normalized spacial score (nSPS) is 18.3. The zero-order chi connectivity index (χ0) is 19.4. The van der Waals surface area contributed by atoms with Crippen LogP contribution in [0, 0.1) is 0 Å². The standard InChI is InChI=1S/C20H21ClN2O4/c1-27-17-7-6-15(21)10-16(17)23-19(25)18(24)22-12-20(26)9-8-13-4-2-3-5-14(13)11-20/h2-7,10,26H,8-9,11-12H2,1H3,(H,22,24)(H,23,25)/t20-/m0/s1. The van der Waals surface area contributed by atoms with E-state index in [2.05, 4.69) is 10.6 Å². The number of ether oxygens (including phenoxy) is 1. The van der Waals surface area contributed by atoms with Crippen LogP contribution < -0.4 is 15.4 Å². The maximum absolute atomic E-state index is 12.2. The maximum atomic E-state index is 12.2. The van der Waals surface area contributed by atoms with E-state index in [4.69, 9.17) is 16.3 Å². The first kappa shape index (κ1) is 19.2. The highest BCUT2D eigenvalue weighted by molar-refractivity contribution is 6.40. The molecule has 2 aromatic carbocycles. The van der Waals surface area contributed by atoms with E-state index in [0.717, 1.165) is 12.0 Å². The second-order valence-electron chi connectivity index (χ2n) is 6.65. The molecule has 0 radical (unpaired) electrons. The molecule has 0 saturated heterocycles. The largest absolute Gasteiger partial charge is 0.495 e. The van der Waals surface area contributed by atoms with E-state index >= 15 is 0 Å². The Morgan fingerprint density at radius 3 is 2.67 bits per heavy atom. The molecular formula is C20H21ClN2O4. The van der Waals surface area contributed by atoms with Crippen LogP contribution in [0.4, 0.5) is 5.69 Å². The van der Waals surface area contributed by atoms with Crippen LogP contribution in [0.1, 0.15) is 17.5 Å². The molecule has 0 unspecified atom stereocenters. The molecule has 1 aliphatic rings. The van der Waals surface area contributed by atoms with E-state index in [-0.39, 0.29) is 6.54 Å². The van der Waals surface area contributed by atoms with Crippen molar-refractivity contribution in [2.75, 3.05) is 19.0 Å². The fourth-order valence-electron chi connectivity index (χ4n) is 3.22. The Bertz CT molecular complexity index is 871. The van der Waals surface area contributed by atoms with E-state index < -0.39 is 17.4 Å². The highest BCUT2D eigenvalue weighted by Crippen LogP contribution is 2.29. The lowest BCUT2D eigenvalue weighted by Crippen LogP contribution is -2.49. The van der Waals surface area contributed by atoms with Gasteiger partial charge in [-0.05, 0) is 42.2 Å².